The fraction of sp³-hybridized carbons (Fsp3) is 0.667. The number of hydrogen-bond donors (Lipinski definition) is 0. The van der Waals surface area contributed by atoms with Crippen molar-refractivity contribution in [1.82, 2.24) is 4.98 Å². The van der Waals surface area contributed by atoms with E-state index in [-0.39, 0.29) is 17.5 Å². The highest BCUT2D eigenvalue weighted by molar-refractivity contribution is 7.17. The van der Waals surface area contributed by atoms with E-state index in [4.69, 9.17) is 4.74 Å². The van der Waals surface area contributed by atoms with Gasteiger partial charge in [-0.1, -0.05) is 31.1 Å². The standard InChI is InChI=1S/C15H24N2O3S/c1-6-7-8-9-17(10(2)3)15-16-12(14(19)20-5)13(21-15)11(4)18/h10H,6-9H2,1-5H3. The van der Waals surface area contributed by atoms with E-state index in [1.165, 1.54) is 25.4 Å². The summed E-state index contributed by atoms with van der Waals surface area (Å²) in [5.74, 6) is -0.712. The van der Waals surface area contributed by atoms with E-state index in [9.17, 15) is 9.59 Å². The molecule has 0 saturated heterocycles. The summed E-state index contributed by atoms with van der Waals surface area (Å²) in [5.41, 5.74) is 0.131. The molecule has 5 nitrogen and oxygen atoms in total. The number of carbonyl (C=O) groups is 2. The predicted molar refractivity (Wildman–Crippen MR) is 85.5 cm³/mol. The molecule has 6 heteroatoms. The molecule has 1 aromatic heterocycles. The van der Waals surface area contributed by atoms with Crippen molar-refractivity contribution in [2.45, 2.75) is 53.0 Å². The average molecular weight is 312 g/mol. The van der Waals surface area contributed by atoms with E-state index in [0.717, 1.165) is 25.8 Å². The number of carbonyl (C=O) groups excluding carboxylic acids is 2. The summed E-state index contributed by atoms with van der Waals surface area (Å²) >= 11 is 1.27. The van der Waals surface area contributed by atoms with Gasteiger partial charge in [0.05, 0.1) is 7.11 Å². The van der Waals surface area contributed by atoms with Crippen LogP contribution < -0.4 is 4.90 Å². The first-order chi connectivity index (χ1) is 9.92. The minimum atomic E-state index is -0.556. The van der Waals surface area contributed by atoms with Crippen LogP contribution in [0.4, 0.5) is 5.13 Å². The Morgan fingerprint density at radius 2 is 2.00 bits per heavy atom. The van der Waals surface area contributed by atoms with Crippen molar-refractivity contribution in [3.05, 3.63) is 10.6 Å². The fourth-order valence-electron chi connectivity index (χ4n) is 2.01. The highest BCUT2D eigenvalue weighted by Gasteiger charge is 2.25. The molecule has 0 atom stereocenters. The van der Waals surface area contributed by atoms with Crippen LogP contribution in [-0.2, 0) is 4.74 Å². The highest BCUT2D eigenvalue weighted by atomic mass is 32.1. The molecule has 0 spiro atoms. The third kappa shape index (κ3) is 4.52. The molecule has 0 aromatic carbocycles. The van der Waals surface area contributed by atoms with Gasteiger partial charge in [0.2, 0.25) is 0 Å². The van der Waals surface area contributed by atoms with Crippen LogP contribution in [-0.4, -0.2) is 36.4 Å². The Balaban J connectivity index is 3.08. The van der Waals surface area contributed by atoms with Gasteiger partial charge in [-0.05, 0) is 20.3 Å². The Hall–Kier alpha value is -1.43. The molecule has 0 fully saturated rings. The van der Waals surface area contributed by atoms with E-state index >= 15 is 0 Å². The lowest BCUT2D eigenvalue weighted by atomic mass is 10.2. The molecule has 0 aliphatic rings. The van der Waals surface area contributed by atoms with Crippen molar-refractivity contribution in [2.24, 2.45) is 0 Å². The molecule has 118 valence electrons. The van der Waals surface area contributed by atoms with Crippen molar-refractivity contribution in [3.8, 4) is 0 Å². The Morgan fingerprint density at radius 3 is 2.48 bits per heavy atom. The van der Waals surface area contributed by atoms with E-state index in [1.54, 1.807) is 0 Å². The molecule has 0 unspecified atom stereocenters. The fourth-order valence-corrected chi connectivity index (χ4v) is 3.12. The predicted octanol–water partition coefficient (Wildman–Crippen LogP) is 3.54. The second-order valence-electron chi connectivity index (χ2n) is 5.22. The maximum Gasteiger partial charge on any atom is 0.358 e. The third-order valence-corrected chi connectivity index (χ3v) is 4.38. The number of ketones is 1. The van der Waals surface area contributed by atoms with Gasteiger partial charge >= 0.3 is 5.97 Å². The van der Waals surface area contributed by atoms with E-state index in [2.05, 4.69) is 30.7 Å². The molecule has 0 aliphatic carbocycles. The molecule has 0 radical (unpaired) electrons. The Morgan fingerprint density at radius 1 is 1.33 bits per heavy atom. The van der Waals surface area contributed by atoms with Gasteiger partial charge in [0.25, 0.3) is 0 Å². The smallest absolute Gasteiger partial charge is 0.358 e. The molecule has 0 bridgehead atoms. The van der Waals surface area contributed by atoms with Gasteiger partial charge in [0.15, 0.2) is 16.6 Å². The second kappa shape index (κ2) is 8.12. The quantitative estimate of drug-likeness (QED) is 0.417. The number of esters is 1. The molecule has 1 heterocycles. The zero-order chi connectivity index (χ0) is 16.0. The molecule has 0 saturated carbocycles. The first kappa shape index (κ1) is 17.6. The van der Waals surface area contributed by atoms with Gasteiger partial charge in [-0.2, -0.15) is 0 Å². The summed E-state index contributed by atoms with van der Waals surface area (Å²) in [6.07, 6.45) is 3.37. The number of Topliss-reactive ketones (excluding diaryl/α,β-unsaturated/α-hetero) is 1. The summed E-state index contributed by atoms with van der Waals surface area (Å²) in [7, 11) is 1.30. The number of aromatic nitrogens is 1. The van der Waals surface area contributed by atoms with Crippen molar-refractivity contribution in [1.29, 1.82) is 0 Å². The van der Waals surface area contributed by atoms with Crippen molar-refractivity contribution < 1.29 is 14.3 Å². The first-order valence-corrected chi connectivity index (χ1v) is 8.10. The van der Waals surface area contributed by atoms with Crippen LogP contribution in [0.3, 0.4) is 0 Å². The van der Waals surface area contributed by atoms with E-state index < -0.39 is 5.97 Å². The highest BCUT2D eigenvalue weighted by Crippen LogP contribution is 2.29. The lowest BCUT2D eigenvalue weighted by Crippen LogP contribution is -2.31. The van der Waals surface area contributed by atoms with Crippen LogP contribution in [0.25, 0.3) is 0 Å². The van der Waals surface area contributed by atoms with E-state index in [0.29, 0.717) is 10.0 Å². The summed E-state index contributed by atoms with van der Waals surface area (Å²) in [5, 5.41) is 0.715. The molecule has 21 heavy (non-hydrogen) atoms. The number of hydrogen-bond acceptors (Lipinski definition) is 6. The van der Waals surface area contributed by atoms with Crippen molar-refractivity contribution >= 4 is 28.2 Å². The summed E-state index contributed by atoms with van der Waals surface area (Å²) in [6.45, 7) is 8.64. The zero-order valence-corrected chi connectivity index (χ0v) is 14.2. The molecular weight excluding hydrogens is 288 g/mol. The third-order valence-electron chi connectivity index (χ3n) is 3.19. The van der Waals surface area contributed by atoms with Crippen LogP contribution >= 0.6 is 11.3 Å². The number of thiazole rings is 1. The van der Waals surface area contributed by atoms with Crippen LogP contribution in [0, 0.1) is 0 Å². The van der Waals surface area contributed by atoms with Gasteiger partial charge in [0, 0.05) is 19.5 Å². The maximum atomic E-state index is 11.8. The lowest BCUT2D eigenvalue weighted by Gasteiger charge is -2.26. The average Bonchev–Trinajstić information content (AvgIpc) is 2.87. The number of ether oxygens (including phenoxy) is 1. The first-order valence-electron chi connectivity index (χ1n) is 7.29. The number of methoxy groups -OCH3 is 1. The molecular formula is C15H24N2O3S. The Labute approximate surface area is 130 Å². The van der Waals surface area contributed by atoms with Crippen LogP contribution in [0.5, 0.6) is 0 Å². The number of rotatable bonds is 8. The van der Waals surface area contributed by atoms with Gasteiger partial charge in [-0.15, -0.1) is 0 Å². The molecule has 0 amide bonds. The van der Waals surface area contributed by atoms with Gasteiger partial charge in [-0.25, -0.2) is 9.78 Å². The Bertz CT molecular complexity index is 497. The summed E-state index contributed by atoms with van der Waals surface area (Å²) in [4.78, 5) is 30.3. The van der Waals surface area contributed by atoms with E-state index in [1.807, 2.05) is 0 Å². The Kier molecular flexibility index (Phi) is 6.81. The summed E-state index contributed by atoms with van der Waals surface area (Å²) < 4.78 is 4.71. The molecule has 1 rings (SSSR count). The normalized spacial score (nSPS) is 10.8. The summed E-state index contributed by atoms with van der Waals surface area (Å²) in [6, 6.07) is 0.262. The number of anilines is 1. The SMILES string of the molecule is CCCCCN(c1nc(C(=O)OC)c(C(C)=O)s1)C(C)C. The zero-order valence-electron chi connectivity index (χ0n) is 13.4. The van der Waals surface area contributed by atoms with Gasteiger partial charge in [-0.3, -0.25) is 4.79 Å². The lowest BCUT2D eigenvalue weighted by molar-refractivity contribution is 0.0591. The van der Waals surface area contributed by atoms with Gasteiger partial charge in [0.1, 0.15) is 4.88 Å². The molecule has 0 N–H and O–H groups in total. The second-order valence-corrected chi connectivity index (χ2v) is 6.19. The molecule has 0 aliphatic heterocycles. The minimum Gasteiger partial charge on any atom is -0.464 e. The van der Waals surface area contributed by atoms with Crippen molar-refractivity contribution in [2.75, 3.05) is 18.6 Å². The van der Waals surface area contributed by atoms with Crippen LogP contribution in [0.2, 0.25) is 0 Å². The molecule has 1 aromatic rings. The number of nitrogens with zero attached hydrogens (tertiary/aromatic N) is 2. The van der Waals surface area contributed by atoms with Crippen LogP contribution in [0.1, 0.15) is 67.1 Å². The maximum absolute atomic E-state index is 11.8. The monoisotopic (exact) mass is 312 g/mol. The largest absolute Gasteiger partial charge is 0.464 e. The minimum absolute atomic E-state index is 0.131. The van der Waals surface area contributed by atoms with Crippen LogP contribution in [0.15, 0.2) is 0 Å². The number of unbranched alkanes of at least 4 members (excludes halogenated alkanes) is 2. The topological polar surface area (TPSA) is 59.5 Å². The van der Waals surface area contributed by atoms with Gasteiger partial charge < -0.3 is 9.64 Å². The van der Waals surface area contributed by atoms with Crippen molar-refractivity contribution in [3.63, 3.8) is 0 Å².